The Morgan fingerprint density at radius 2 is 1.86 bits per heavy atom. The van der Waals surface area contributed by atoms with Crippen LogP contribution < -0.4 is 11.1 Å². The van der Waals surface area contributed by atoms with E-state index in [2.05, 4.69) is 10.3 Å². The van der Waals surface area contributed by atoms with Gasteiger partial charge in [0, 0.05) is 30.3 Å². The number of amides is 1. The summed E-state index contributed by atoms with van der Waals surface area (Å²) in [6.45, 7) is 2.71. The van der Waals surface area contributed by atoms with Gasteiger partial charge in [-0.2, -0.15) is 0 Å². The van der Waals surface area contributed by atoms with Crippen molar-refractivity contribution < 1.29 is 4.79 Å². The Hall–Kier alpha value is -2.40. The van der Waals surface area contributed by atoms with Gasteiger partial charge in [-0.15, -0.1) is 0 Å². The first-order chi connectivity index (χ1) is 10.6. The molecule has 0 bridgehead atoms. The van der Waals surface area contributed by atoms with Crippen LogP contribution in [0.3, 0.4) is 0 Å². The van der Waals surface area contributed by atoms with E-state index in [1.807, 2.05) is 31.0 Å². The van der Waals surface area contributed by atoms with Crippen LogP contribution in [0.1, 0.15) is 12.5 Å². The first-order valence-corrected chi connectivity index (χ1v) is 7.32. The van der Waals surface area contributed by atoms with E-state index in [4.69, 9.17) is 5.73 Å². The van der Waals surface area contributed by atoms with Crippen LogP contribution in [0.4, 0.5) is 11.4 Å². The van der Waals surface area contributed by atoms with Crippen LogP contribution in [0, 0.1) is 0 Å². The second kappa shape index (κ2) is 7.56. The number of likely N-dealkylation sites (N-methyl/N-ethyl adjacent to an activating group) is 1. The van der Waals surface area contributed by atoms with Gasteiger partial charge < -0.3 is 11.1 Å². The summed E-state index contributed by atoms with van der Waals surface area (Å²) in [4.78, 5) is 18.3. The largest absolute Gasteiger partial charge is 0.399 e. The quantitative estimate of drug-likeness (QED) is 0.802. The second-order valence-electron chi connectivity index (χ2n) is 5.37. The summed E-state index contributed by atoms with van der Waals surface area (Å²) in [5.41, 5.74) is 8.29. The van der Waals surface area contributed by atoms with Crippen molar-refractivity contribution in [1.29, 1.82) is 0 Å². The number of hydrogen-bond donors (Lipinski definition) is 2. The maximum Gasteiger partial charge on any atom is 0.241 e. The van der Waals surface area contributed by atoms with Crippen molar-refractivity contribution >= 4 is 17.3 Å². The third kappa shape index (κ3) is 4.56. The third-order valence-corrected chi connectivity index (χ3v) is 3.72. The van der Waals surface area contributed by atoms with Crippen LogP contribution in [-0.2, 0) is 11.2 Å². The molecule has 5 nitrogen and oxygen atoms in total. The minimum atomic E-state index is -0.209. The first kappa shape index (κ1) is 16.0. The van der Waals surface area contributed by atoms with Crippen molar-refractivity contribution in [3.8, 4) is 0 Å². The SMILES string of the molecule is CC(C(=O)Nc1ccc(N)cc1)N(C)CCc1ccncc1. The minimum absolute atomic E-state index is 0.0259. The molecule has 116 valence electrons. The van der Waals surface area contributed by atoms with E-state index in [-0.39, 0.29) is 11.9 Å². The number of benzene rings is 1. The van der Waals surface area contributed by atoms with Crippen molar-refractivity contribution in [2.24, 2.45) is 0 Å². The Morgan fingerprint density at radius 1 is 1.23 bits per heavy atom. The average molecular weight is 298 g/mol. The van der Waals surface area contributed by atoms with Crippen molar-refractivity contribution in [3.63, 3.8) is 0 Å². The summed E-state index contributed by atoms with van der Waals surface area (Å²) in [7, 11) is 1.95. The monoisotopic (exact) mass is 298 g/mol. The zero-order valence-corrected chi connectivity index (χ0v) is 13.0. The second-order valence-corrected chi connectivity index (χ2v) is 5.37. The summed E-state index contributed by atoms with van der Waals surface area (Å²) in [6, 6.07) is 10.9. The smallest absolute Gasteiger partial charge is 0.241 e. The molecule has 0 aliphatic rings. The first-order valence-electron chi connectivity index (χ1n) is 7.32. The highest BCUT2D eigenvalue weighted by molar-refractivity contribution is 5.94. The number of nitrogen functional groups attached to an aromatic ring is 1. The number of nitrogens with one attached hydrogen (secondary N) is 1. The van der Waals surface area contributed by atoms with Crippen molar-refractivity contribution in [2.75, 3.05) is 24.6 Å². The molecule has 1 aromatic heterocycles. The van der Waals surface area contributed by atoms with Crippen LogP contribution in [0.25, 0.3) is 0 Å². The van der Waals surface area contributed by atoms with Crippen LogP contribution in [-0.4, -0.2) is 35.4 Å². The van der Waals surface area contributed by atoms with E-state index in [0.717, 1.165) is 18.7 Å². The van der Waals surface area contributed by atoms with E-state index < -0.39 is 0 Å². The van der Waals surface area contributed by atoms with E-state index in [1.54, 1.807) is 36.7 Å². The van der Waals surface area contributed by atoms with E-state index in [1.165, 1.54) is 5.56 Å². The van der Waals surface area contributed by atoms with E-state index in [9.17, 15) is 4.79 Å². The van der Waals surface area contributed by atoms with Gasteiger partial charge >= 0.3 is 0 Å². The molecule has 1 amide bonds. The number of carbonyl (C=O) groups excluding carboxylic acids is 1. The molecule has 2 aromatic rings. The number of aromatic nitrogens is 1. The maximum atomic E-state index is 12.3. The summed E-state index contributed by atoms with van der Waals surface area (Å²) < 4.78 is 0. The topological polar surface area (TPSA) is 71.2 Å². The molecule has 1 unspecified atom stereocenters. The molecular formula is C17H22N4O. The van der Waals surface area contributed by atoms with E-state index >= 15 is 0 Å². The number of nitrogens with zero attached hydrogens (tertiary/aromatic N) is 2. The van der Waals surface area contributed by atoms with Gasteiger partial charge in [-0.3, -0.25) is 14.7 Å². The average Bonchev–Trinajstić information content (AvgIpc) is 2.55. The predicted octanol–water partition coefficient (Wildman–Crippen LogP) is 2.17. The zero-order chi connectivity index (χ0) is 15.9. The van der Waals surface area contributed by atoms with Gasteiger partial charge in [0.2, 0.25) is 5.91 Å². The van der Waals surface area contributed by atoms with Gasteiger partial charge in [0.1, 0.15) is 0 Å². The summed E-state index contributed by atoms with van der Waals surface area (Å²) in [5, 5.41) is 2.90. The molecule has 0 fully saturated rings. The number of hydrogen-bond acceptors (Lipinski definition) is 4. The molecular weight excluding hydrogens is 276 g/mol. The molecule has 0 radical (unpaired) electrons. The molecule has 1 heterocycles. The summed E-state index contributed by atoms with van der Waals surface area (Å²) in [6.07, 6.45) is 4.46. The summed E-state index contributed by atoms with van der Waals surface area (Å²) >= 11 is 0. The number of carbonyl (C=O) groups is 1. The van der Waals surface area contributed by atoms with Gasteiger partial charge in [0.05, 0.1) is 6.04 Å². The fourth-order valence-electron chi connectivity index (χ4n) is 2.06. The Bertz CT molecular complexity index is 598. The van der Waals surface area contributed by atoms with Crippen LogP contribution in [0.2, 0.25) is 0 Å². The van der Waals surface area contributed by atoms with Gasteiger partial charge in [-0.1, -0.05) is 0 Å². The lowest BCUT2D eigenvalue weighted by Gasteiger charge is -2.23. The molecule has 1 aromatic carbocycles. The number of anilines is 2. The molecule has 0 aliphatic carbocycles. The lowest BCUT2D eigenvalue weighted by molar-refractivity contribution is -0.120. The molecule has 3 N–H and O–H groups in total. The zero-order valence-electron chi connectivity index (χ0n) is 13.0. The van der Waals surface area contributed by atoms with Crippen LogP contribution >= 0.6 is 0 Å². The van der Waals surface area contributed by atoms with Gasteiger partial charge in [0.25, 0.3) is 0 Å². The lowest BCUT2D eigenvalue weighted by Crippen LogP contribution is -2.40. The Kier molecular flexibility index (Phi) is 5.49. The standard InChI is InChI=1S/C17H22N4O/c1-13(17(22)20-16-5-3-15(18)4-6-16)21(2)12-9-14-7-10-19-11-8-14/h3-8,10-11,13H,9,12,18H2,1-2H3,(H,20,22). The van der Waals surface area contributed by atoms with Crippen molar-refractivity contribution in [1.82, 2.24) is 9.88 Å². The lowest BCUT2D eigenvalue weighted by atomic mass is 10.1. The Labute approximate surface area is 131 Å². The van der Waals surface area contributed by atoms with Crippen molar-refractivity contribution in [2.45, 2.75) is 19.4 Å². The predicted molar refractivity (Wildman–Crippen MR) is 89.5 cm³/mol. The highest BCUT2D eigenvalue weighted by Crippen LogP contribution is 2.11. The Morgan fingerprint density at radius 3 is 2.50 bits per heavy atom. The molecule has 5 heteroatoms. The highest BCUT2D eigenvalue weighted by atomic mass is 16.2. The van der Waals surface area contributed by atoms with Gasteiger partial charge in [-0.25, -0.2) is 0 Å². The number of rotatable bonds is 6. The fraction of sp³-hybridized carbons (Fsp3) is 0.294. The fourth-order valence-corrected chi connectivity index (χ4v) is 2.06. The molecule has 1 atom stereocenters. The molecule has 0 aliphatic heterocycles. The number of nitrogens with two attached hydrogens (primary N) is 1. The molecule has 22 heavy (non-hydrogen) atoms. The minimum Gasteiger partial charge on any atom is -0.399 e. The molecule has 0 saturated heterocycles. The maximum absolute atomic E-state index is 12.3. The highest BCUT2D eigenvalue weighted by Gasteiger charge is 2.17. The van der Waals surface area contributed by atoms with E-state index in [0.29, 0.717) is 5.69 Å². The number of pyridine rings is 1. The third-order valence-electron chi connectivity index (χ3n) is 3.72. The molecule has 0 saturated carbocycles. The van der Waals surface area contributed by atoms with Crippen LogP contribution in [0.5, 0.6) is 0 Å². The van der Waals surface area contributed by atoms with Gasteiger partial charge in [0.15, 0.2) is 0 Å². The van der Waals surface area contributed by atoms with Gasteiger partial charge in [-0.05, 0) is 62.4 Å². The Balaban J connectivity index is 1.85. The van der Waals surface area contributed by atoms with Crippen molar-refractivity contribution in [3.05, 3.63) is 54.4 Å². The molecule has 0 spiro atoms. The van der Waals surface area contributed by atoms with Crippen LogP contribution in [0.15, 0.2) is 48.8 Å². The molecule has 2 rings (SSSR count). The summed E-state index contributed by atoms with van der Waals surface area (Å²) in [5.74, 6) is -0.0259. The normalized spacial score (nSPS) is 12.1.